The lowest BCUT2D eigenvalue weighted by Gasteiger charge is -2.07. The molecule has 16 heavy (non-hydrogen) atoms. The van der Waals surface area contributed by atoms with E-state index in [1.165, 1.54) is 0 Å². The lowest BCUT2D eigenvalue weighted by molar-refractivity contribution is 0.416. The normalized spacial score (nSPS) is 10.4. The average molecular weight is 235 g/mol. The molecule has 3 N–H and O–H groups in total. The highest BCUT2D eigenvalue weighted by atomic mass is 32.1. The Morgan fingerprint density at radius 2 is 2.06 bits per heavy atom. The molecule has 0 amide bonds. The number of nitrogen functional groups attached to an aromatic ring is 1. The van der Waals surface area contributed by atoms with Gasteiger partial charge in [-0.15, -0.1) is 0 Å². The average Bonchev–Trinajstić information content (AvgIpc) is 2.57. The molecule has 4 nitrogen and oxygen atoms in total. The number of nitrogens with one attached hydrogen (secondary N) is 1. The largest absolute Gasteiger partial charge is 0.496 e. The molecule has 0 atom stereocenters. The number of aromatic amines is 1. The van der Waals surface area contributed by atoms with Gasteiger partial charge in [-0.25, -0.2) is 0 Å². The SMILES string of the molecule is COc1ccccc1-c1[nH]c(=S)n(C)c1N. The minimum Gasteiger partial charge on any atom is -0.496 e. The smallest absolute Gasteiger partial charge is 0.178 e. The molecular formula is C11H13N3OS. The van der Waals surface area contributed by atoms with Gasteiger partial charge in [0.1, 0.15) is 11.6 Å². The van der Waals surface area contributed by atoms with Crippen LogP contribution in [0.3, 0.4) is 0 Å². The molecule has 2 rings (SSSR count). The number of rotatable bonds is 2. The fourth-order valence-electron chi connectivity index (χ4n) is 1.59. The molecular weight excluding hydrogens is 222 g/mol. The van der Waals surface area contributed by atoms with Gasteiger partial charge in [0.15, 0.2) is 4.77 Å². The van der Waals surface area contributed by atoms with Crippen LogP contribution in [0.15, 0.2) is 24.3 Å². The predicted octanol–water partition coefficient (Wildman–Crippen LogP) is 2.34. The highest BCUT2D eigenvalue weighted by molar-refractivity contribution is 7.71. The van der Waals surface area contributed by atoms with Crippen LogP contribution in [-0.2, 0) is 7.05 Å². The molecule has 1 aromatic carbocycles. The van der Waals surface area contributed by atoms with Gasteiger partial charge in [-0.05, 0) is 24.4 Å². The first kappa shape index (κ1) is 10.8. The number of para-hydroxylation sites is 1. The van der Waals surface area contributed by atoms with E-state index >= 15 is 0 Å². The van der Waals surface area contributed by atoms with Crippen molar-refractivity contribution in [3.8, 4) is 17.0 Å². The Bertz CT molecular complexity index is 571. The summed E-state index contributed by atoms with van der Waals surface area (Å²) in [7, 11) is 3.46. The van der Waals surface area contributed by atoms with Gasteiger partial charge >= 0.3 is 0 Å². The van der Waals surface area contributed by atoms with Crippen molar-refractivity contribution < 1.29 is 4.74 Å². The maximum atomic E-state index is 5.97. The maximum absolute atomic E-state index is 5.97. The number of nitrogens with zero attached hydrogens (tertiary/aromatic N) is 1. The van der Waals surface area contributed by atoms with Crippen molar-refractivity contribution in [2.45, 2.75) is 0 Å². The lowest BCUT2D eigenvalue weighted by Crippen LogP contribution is -1.97. The standard InChI is InChI=1S/C11H13N3OS/c1-14-10(12)9(13-11(14)16)7-5-3-4-6-8(7)15-2/h3-6H,12H2,1-2H3,(H,13,16). The van der Waals surface area contributed by atoms with Crippen molar-refractivity contribution >= 4 is 18.0 Å². The Hall–Kier alpha value is -1.75. The van der Waals surface area contributed by atoms with Crippen molar-refractivity contribution in [3.63, 3.8) is 0 Å². The summed E-state index contributed by atoms with van der Waals surface area (Å²) < 4.78 is 7.61. The summed E-state index contributed by atoms with van der Waals surface area (Å²) in [5.74, 6) is 1.38. The maximum Gasteiger partial charge on any atom is 0.178 e. The summed E-state index contributed by atoms with van der Waals surface area (Å²) in [4.78, 5) is 3.08. The molecule has 0 aliphatic heterocycles. The van der Waals surface area contributed by atoms with Crippen molar-refractivity contribution in [1.29, 1.82) is 0 Å². The molecule has 0 fully saturated rings. The quantitative estimate of drug-likeness (QED) is 0.785. The number of ether oxygens (including phenoxy) is 1. The number of hydrogen-bond acceptors (Lipinski definition) is 3. The van der Waals surface area contributed by atoms with Crippen molar-refractivity contribution in [3.05, 3.63) is 29.0 Å². The van der Waals surface area contributed by atoms with Crippen molar-refractivity contribution in [2.75, 3.05) is 12.8 Å². The second-order valence-corrected chi connectivity index (χ2v) is 3.84. The van der Waals surface area contributed by atoms with Crippen LogP contribution >= 0.6 is 12.2 Å². The first-order valence-corrected chi connectivity index (χ1v) is 5.24. The minimum atomic E-state index is 0.596. The van der Waals surface area contributed by atoms with E-state index in [0.29, 0.717) is 10.6 Å². The van der Waals surface area contributed by atoms with Gasteiger partial charge < -0.3 is 20.0 Å². The summed E-state index contributed by atoms with van der Waals surface area (Å²) in [6.45, 7) is 0. The highest BCUT2D eigenvalue weighted by Crippen LogP contribution is 2.32. The molecule has 5 heteroatoms. The Morgan fingerprint density at radius 1 is 1.38 bits per heavy atom. The summed E-state index contributed by atoms with van der Waals surface area (Å²) in [6, 6.07) is 7.67. The zero-order valence-corrected chi connectivity index (χ0v) is 9.97. The molecule has 2 aromatic rings. The summed E-state index contributed by atoms with van der Waals surface area (Å²) in [6.07, 6.45) is 0. The monoisotopic (exact) mass is 235 g/mol. The number of benzene rings is 1. The fourth-order valence-corrected chi connectivity index (χ4v) is 1.79. The highest BCUT2D eigenvalue weighted by Gasteiger charge is 2.12. The van der Waals surface area contributed by atoms with Gasteiger partial charge in [0.25, 0.3) is 0 Å². The van der Waals surface area contributed by atoms with Gasteiger partial charge in [-0.2, -0.15) is 0 Å². The van der Waals surface area contributed by atoms with E-state index in [1.54, 1.807) is 11.7 Å². The number of imidazole rings is 1. The molecule has 0 bridgehead atoms. The number of methoxy groups -OCH3 is 1. The Kier molecular flexibility index (Phi) is 2.70. The van der Waals surface area contributed by atoms with Crippen LogP contribution in [-0.4, -0.2) is 16.7 Å². The van der Waals surface area contributed by atoms with Gasteiger partial charge in [0.05, 0.1) is 12.8 Å². The fraction of sp³-hybridized carbons (Fsp3) is 0.182. The molecule has 0 unspecified atom stereocenters. The van der Waals surface area contributed by atoms with E-state index in [9.17, 15) is 0 Å². The summed E-state index contributed by atoms with van der Waals surface area (Å²) >= 11 is 5.13. The zero-order chi connectivity index (χ0) is 11.7. The summed E-state index contributed by atoms with van der Waals surface area (Å²) in [5.41, 5.74) is 7.68. The van der Waals surface area contributed by atoms with E-state index < -0.39 is 0 Å². The van der Waals surface area contributed by atoms with Crippen LogP contribution in [0.2, 0.25) is 0 Å². The molecule has 84 valence electrons. The first-order chi connectivity index (χ1) is 7.65. The second-order valence-electron chi connectivity index (χ2n) is 3.45. The van der Waals surface area contributed by atoms with Gasteiger partial charge in [-0.1, -0.05) is 12.1 Å². The van der Waals surface area contributed by atoms with E-state index in [2.05, 4.69) is 4.98 Å². The Labute approximate surface area is 98.7 Å². The van der Waals surface area contributed by atoms with Crippen molar-refractivity contribution in [2.24, 2.45) is 7.05 Å². The third-order valence-corrected chi connectivity index (χ3v) is 2.91. The first-order valence-electron chi connectivity index (χ1n) is 4.83. The molecule has 0 aliphatic carbocycles. The minimum absolute atomic E-state index is 0.596. The molecule has 0 saturated carbocycles. The predicted molar refractivity (Wildman–Crippen MR) is 67.0 cm³/mol. The summed E-state index contributed by atoms with van der Waals surface area (Å²) in [5, 5.41) is 0. The topological polar surface area (TPSA) is 56.0 Å². The van der Waals surface area contributed by atoms with Gasteiger partial charge in [0.2, 0.25) is 0 Å². The van der Waals surface area contributed by atoms with E-state index in [1.807, 2.05) is 31.3 Å². The molecule has 0 aliphatic rings. The Morgan fingerprint density at radius 3 is 2.62 bits per heavy atom. The number of hydrogen-bond donors (Lipinski definition) is 2. The number of aromatic nitrogens is 2. The van der Waals surface area contributed by atoms with Crippen LogP contribution in [0.4, 0.5) is 5.82 Å². The molecule has 0 radical (unpaired) electrons. The Balaban J connectivity index is 2.67. The van der Waals surface area contributed by atoms with E-state index in [0.717, 1.165) is 17.0 Å². The van der Waals surface area contributed by atoms with Crippen LogP contribution in [0.25, 0.3) is 11.3 Å². The van der Waals surface area contributed by atoms with Crippen LogP contribution in [0.5, 0.6) is 5.75 Å². The molecule has 0 saturated heterocycles. The third kappa shape index (κ3) is 1.59. The van der Waals surface area contributed by atoms with Gasteiger partial charge in [-0.3, -0.25) is 0 Å². The van der Waals surface area contributed by atoms with E-state index in [-0.39, 0.29) is 0 Å². The van der Waals surface area contributed by atoms with Crippen LogP contribution < -0.4 is 10.5 Å². The zero-order valence-electron chi connectivity index (χ0n) is 9.15. The lowest BCUT2D eigenvalue weighted by atomic mass is 10.1. The van der Waals surface area contributed by atoms with Gasteiger partial charge in [0, 0.05) is 12.6 Å². The number of anilines is 1. The van der Waals surface area contributed by atoms with Crippen molar-refractivity contribution in [1.82, 2.24) is 9.55 Å². The number of H-pyrrole nitrogens is 1. The molecule has 1 aromatic heterocycles. The second kappa shape index (κ2) is 4.02. The molecule has 1 heterocycles. The van der Waals surface area contributed by atoms with Crippen LogP contribution in [0, 0.1) is 4.77 Å². The third-order valence-electron chi connectivity index (χ3n) is 2.53. The van der Waals surface area contributed by atoms with Crippen LogP contribution in [0.1, 0.15) is 0 Å². The van der Waals surface area contributed by atoms with E-state index in [4.69, 9.17) is 22.7 Å². The molecule has 0 spiro atoms. The number of nitrogens with two attached hydrogens (primary N) is 1.